The summed E-state index contributed by atoms with van der Waals surface area (Å²) in [5.74, 6) is -1.29. The van der Waals surface area contributed by atoms with E-state index in [1.807, 2.05) is 12.1 Å². The van der Waals surface area contributed by atoms with Crippen LogP contribution in [0.5, 0.6) is 11.5 Å². The van der Waals surface area contributed by atoms with Crippen LogP contribution in [0.15, 0.2) is 40.9 Å². The fourth-order valence-electron chi connectivity index (χ4n) is 1.70. The van der Waals surface area contributed by atoms with Crippen molar-refractivity contribution in [3.8, 4) is 11.5 Å². The van der Waals surface area contributed by atoms with E-state index in [0.717, 1.165) is 16.6 Å². The summed E-state index contributed by atoms with van der Waals surface area (Å²) in [7, 11) is 0. The van der Waals surface area contributed by atoms with Crippen LogP contribution in [0.2, 0.25) is 0 Å². The second-order valence-corrected chi connectivity index (χ2v) is 5.16. The van der Waals surface area contributed by atoms with Crippen molar-refractivity contribution in [1.82, 2.24) is 0 Å². The highest BCUT2D eigenvalue weighted by Crippen LogP contribution is 2.23. The summed E-state index contributed by atoms with van der Waals surface area (Å²) in [6.07, 6.45) is 0. The topological polar surface area (TPSA) is 44.5 Å². The summed E-state index contributed by atoms with van der Waals surface area (Å²) in [4.78, 5) is 0. The second-order valence-electron chi connectivity index (χ2n) is 4.24. The van der Waals surface area contributed by atoms with Gasteiger partial charge in [-0.15, -0.1) is 0 Å². The predicted octanol–water partition coefficient (Wildman–Crippen LogP) is 3.64. The molecule has 0 spiro atoms. The molecule has 0 saturated carbocycles. The maximum atomic E-state index is 13.6. The Bertz CT molecular complexity index is 582. The summed E-state index contributed by atoms with van der Waals surface area (Å²) >= 11 is 3.31. The van der Waals surface area contributed by atoms with Crippen LogP contribution in [0.25, 0.3) is 0 Å². The largest absolute Gasteiger partial charge is 0.490 e. The highest BCUT2D eigenvalue weighted by molar-refractivity contribution is 9.10. The number of hydrogen-bond acceptors (Lipinski definition) is 3. The summed E-state index contributed by atoms with van der Waals surface area (Å²) in [5, 5.41) is 0. The molecule has 0 saturated heterocycles. The van der Waals surface area contributed by atoms with Gasteiger partial charge in [0.25, 0.3) is 0 Å². The molecule has 0 aromatic heterocycles. The van der Waals surface area contributed by atoms with E-state index in [4.69, 9.17) is 15.2 Å². The fourth-order valence-corrected chi connectivity index (χ4v) is 1.97. The maximum Gasteiger partial charge on any atom is 0.190 e. The van der Waals surface area contributed by atoms with E-state index < -0.39 is 17.4 Å². The first-order valence-electron chi connectivity index (χ1n) is 6.29. The molecule has 0 bridgehead atoms. The SMILES string of the molecule is NCc1cc(F)c(OCCOc2ccc(Br)cc2)c(F)c1. The summed E-state index contributed by atoms with van der Waals surface area (Å²) in [6.45, 7) is 0.284. The first-order chi connectivity index (χ1) is 10.1. The average Bonchev–Trinajstić information content (AvgIpc) is 2.47. The van der Waals surface area contributed by atoms with Crippen molar-refractivity contribution in [3.63, 3.8) is 0 Å². The van der Waals surface area contributed by atoms with Crippen molar-refractivity contribution in [2.75, 3.05) is 13.2 Å². The van der Waals surface area contributed by atoms with Crippen LogP contribution in [0.4, 0.5) is 8.78 Å². The quantitative estimate of drug-likeness (QED) is 0.802. The van der Waals surface area contributed by atoms with E-state index in [0.29, 0.717) is 11.3 Å². The molecule has 3 nitrogen and oxygen atoms in total. The van der Waals surface area contributed by atoms with Gasteiger partial charge in [0, 0.05) is 11.0 Å². The molecule has 2 aromatic carbocycles. The second kappa shape index (κ2) is 7.38. The molecule has 112 valence electrons. The minimum Gasteiger partial charge on any atom is -0.490 e. The molecule has 2 rings (SSSR count). The van der Waals surface area contributed by atoms with Crippen LogP contribution in [0.1, 0.15) is 5.56 Å². The van der Waals surface area contributed by atoms with Gasteiger partial charge in [-0.2, -0.15) is 0 Å². The van der Waals surface area contributed by atoms with E-state index in [9.17, 15) is 8.78 Å². The Morgan fingerprint density at radius 1 is 0.952 bits per heavy atom. The minimum absolute atomic E-state index is 0.0336. The lowest BCUT2D eigenvalue weighted by molar-refractivity contribution is 0.205. The molecule has 6 heteroatoms. The normalized spacial score (nSPS) is 10.5. The van der Waals surface area contributed by atoms with Gasteiger partial charge in [-0.25, -0.2) is 8.78 Å². The van der Waals surface area contributed by atoms with Crippen molar-refractivity contribution >= 4 is 15.9 Å². The molecule has 0 aliphatic heterocycles. The van der Waals surface area contributed by atoms with Gasteiger partial charge in [-0.3, -0.25) is 0 Å². The van der Waals surface area contributed by atoms with Crippen molar-refractivity contribution in [2.24, 2.45) is 5.73 Å². The van der Waals surface area contributed by atoms with Gasteiger partial charge >= 0.3 is 0 Å². The maximum absolute atomic E-state index is 13.6. The third-order valence-electron chi connectivity index (χ3n) is 2.71. The van der Waals surface area contributed by atoms with E-state index in [-0.39, 0.29) is 19.8 Å². The lowest BCUT2D eigenvalue weighted by atomic mass is 10.2. The molecule has 2 aromatic rings. The van der Waals surface area contributed by atoms with Gasteiger partial charge in [-0.05, 0) is 42.0 Å². The lowest BCUT2D eigenvalue weighted by Gasteiger charge is -2.10. The van der Waals surface area contributed by atoms with E-state index in [1.54, 1.807) is 12.1 Å². The van der Waals surface area contributed by atoms with Crippen LogP contribution in [0.3, 0.4) is 0 Å². The molecule has 0 aliphatic carbocycles. The first kappa shape index (κ1) is 15.7. The molecule has 0 radical (unpaired) electrons. The standard InChI is InChI=1S/C15H14BrF2NO2/c16-11-1-3-12(4-2-11)20-5-6-21-15-13(17)7-10(9-19)8-14(15)18/h1-4,7-8H,5-6,9,19H2. The van der Waals surface area contributed by atoms with Crippen LogP contribution in [0, 0.1) is 11.6 Å². The molecule has 0 aliphatic rings. The van der Waals surface area contributed by atoms with Gasteiger partial charge in [0.05, 0.1) is 0 Å². The molecule has 0 atom stereocenters. The number of nitrogens with two attached hydrogens (primary N) is 1. The van der Waals surface area contributed by atoms with Gasteiger partial charge < -0.3 is 15.2 Å². The Morgan fingerprint density at radius 2 is 1.52 bits per heavy atom. The van der Waals surface area contributed by atoms with E-state index in [2.05, 4.69) is 15.9 Å². The van der Waals surface area contributed by atoms with E-state index >= 15 is 0 Å². The predicted molar refractivity (Wildman–Crippen MR) is 79.4 cm³/mol. The van der Waals surface area contributed by atoms with Gasteiger partial charge in [0.15, 0.2) is 17.4 Å². The molecule has 0 fully saturated rings. The van der Waals surface area contributed by atoms with Gasteiger partial charge in [0.1, 0.15) is 19.0 Å². The molecule has 0 amide bonds. The Balaban J connectivity index is 1.87. The zero-order chi connectivity index (χ0) is 15.2. The van der Waals surface area contributed by atoms with Crippen molar-refractivity contribution < 1.29 is 18.3 Å². The number of benzene rings is 2. The third kappa shape index (κ3) is 4.41. The number of ether oxygens (including phenoxy) is 2. The fraction of sp³-hybridized carbons (Fsp3) is 0.200. The smallest absolute Gasteiger partial charge is 0.190 e. The zero-order valence-electron chi connectivity index (χ0n) is 11.1. The number of hydrogen-bond donors (Lipinski definition) is 1. The monoisotopic (exact) mass is 357 g/mol. The van der Waals surface area contributed by atoms with Crippen LogP contribution in [-0.2, 0) is 6.54 Å². The Labute approximate surface area is 129 Å². The molecular weight excluding hydrogens is 344 g/mol. The number of rotatable bonds is 6. The summed E-state index contributed by atoms with van der Waals surface area (Å²) in [6, 6.07) is 9.55. The highest BCUT2D eigenvalue weighted by Gasteiger charge is 2.12. The van der Waals surface area contributed by atoms with Crippen LogP contribution >= 0.6 is 15.9 Å². The molecular formula is C15H14BrF2NO2. The molecule has 0 unspecified atom stereocenters. The first-order valence-corrected chi connectivity index (χ1v) is 7.08. The summed E-state index contributed by atoms with van der Waals surface area (Å²) < 4.78 is 38.7. The third-order valence-corrected chi connectivity index (χ3v) is 3.23. The lowest BCUT2D eigenvalue weighted by Crippen LogP contribution is -2.11. The Morgan fingerprint density at radius 3 is 2.10 bits per heavy atom. The van der Waals surface area contributed by atoms with Crippen LogP contribution in [-0.4, -0.2) is 13.2 Å². The zero-order valence-corrected chi connectivity index (χ0v) is 12.7. The highest BCUT2D eigenvalue weighted by atomic mass is 79.9. The molecule has 0 heterocycles. The Hall–Kier alpha value is -1.66. The van der Waals surface area contributed by atoms with Crippen molar-refractivity contribution in [1.29, 1.82) is 0 Å². The average molecular weight is 358 g/mol. The minimum atomic E-state index is -0.765. The number of halogens is 3. The van der Waals surface area contributed by atoms with Crippen LogP contribution < -0.4 is 15.2 Å². The van der Waals surface area contributed by atoms with Gasteiger partial charge in [-0.1, -0.05) is 15.9 Å². The van der Waals surface area contributed by atoms with E-state index in [1.165, 1.54) is 0 Å². The molecule has 21 heavy (non-hydrogen) atoms. The molecule has 2 N–H and O–H groups in total. The summed E-state index contributed by atoms with van der Waals surface area (Å²) in [5.41, 5.74) is 5.72. The Kier molecular flexibility index (Phi) is 5.52. The van der Waals surface area contributed by atoms with Gasteiger partial charge in [0.2, 0.25) is 0 Å². The van der Waals surface area contributed by atoms with Crippen molar-refractivity contribution in [3.05, 3.63) is 58.1 Å². The van der Waals surface area contributed by atoms with Crippen molar-refractivity contribution in [2.45, 2.75) is 6.54 Å².